The molecule has 8 heteroatoms. The predicted octanol–water partition coefficient (Wildman–Crippen LogP) is 4.03. The van der Waals surface area contributed by atoms with Crippen LogP contribution in [0.15, 0.2) is 60.3 Å². The van der Waals surface area contributed by atoms with Crippen LogP contribution in [0.5, 0.6) is 17.4 Å². The molecule has 0 bridgehead atoms. The first-order chi connectivity index (χ1) is 13.7. The maximum atomic E-state index is 10.2. The number of benzene rings is 2. The van der Waals surface area contributed by atoms with Gasteiger partial charge in [0.25, 0.3) is 0 Å². The second kappa shape index (κ2) is 7.77. The average Bonchev–Trinajstić information content (AvgIpc) is 2.88. The molecular weight excluding hydrogens is 376 g/mol. The number of hydrogen-bond donors (Lipinski definition) is 2. The van der Waals surface area contributed by atoms with Crippen LogP contribution in [0.3, 0.4) is 0 Å². The molecule has 1 atom stereocenters. The number of methoxy groups -OCH3 is 1. The molecule has 142 valence electrons. The molecule has 0 spiro atoms. The fourth-order valence-corrected chi connectivity index (χ4v) is 3.38. The van der Waals surface area contributed by atoms with Crippen molar-refractivity contribution >= 4 is 17.4 Å². The molecule has 0 amide bonds. The van der Waals surface area contributed by atoms with Crippen LogP contribution < -0.4 is 14.8 Å². The molecule has 1 aliphatic rings. The molecule has 0 saturated carbocycles. The molecule has 7 nitrogen and oxygen atoms in total. The number of fused-ring (bicyclic) bond motifs is 3. The fourth-order valence-electron chi connectivity index (χ4n) is 2.86. The number of nitrogens with one attached hydrogen (secondary N) is 1. The van der Waals surface area contributed by atoms with Gasteiger partial charge in [0.2, 0.25) is 11.0 Å². The van der Waals surface area contributed by atoms with Crippen LogP contribution in [0.4, 0.5) is 5.69 Å². The summed E-state index contributed by atoms with van der Waals surface area (Å²) in [4.78, 5) is 4.53. The number of phenolic OH excluding ortho intramolecular Hbond substituents is 1. The van der Waals surface area contributed by atoms with Gasteiger partial charge < -0.3 is 19.9 Å². The Bertz CT molecular complexity index is 1030. The Labute approximate surface area is 166 Å². The van der Waals surface area contributed by atoms with E-state index in [4.69, 9.17) is 9.47 Å². The van der Waals surface area contributed by atoms with Crippen molar-refractivity contribution in [1.29, 1.82) is 0 Å². The number of hydrogen-bond acceptors (Lipinski definition) is 8. The maximum absolute atomic E-state index is 10.2. The monoisotopic (exact) mass is 394 g/mol. The van der Waals surface area contributed by atoms with Gasteiger partial charge in [0.1, 0.15) is 0 Å². The fraction of sp³-hybridized carbons (Fsp3) is 0.150. The van der Waals surface area contributed by atoms with E-state index in [-0.39, 0.29) is 5.75 Å². The van der Waals surface area contributed by atoms with E-state index in [1.54, 1.807) is 18.2 Å². The first-order valence-corrected chi connectivity index (χ1v) is 9.56. The number of rotatable bonds is 5. The van der Waals surface area contributed by atoms with Crippen LogP contribution in [0.1, 0.15) is 11.8 Å². The molecular formula is C20H18N4O3S. The summed E-state index contributed by atoms with van der Waals surface area (Å²) in [6.07, 6.45) is 1.20. The first kappa shape index (κ1) is 18.1. The molecule has 0 fully saturated rings. The van der Waals surface area contributed by atoms with Crippen molar-refractivity contribution in [3.8, 4) is 28.6 Å². The SMILES string of the molecule is C=CCSc1nnc2c(n1)O[C@@H](c1ccc(OC)c(O)c1)Nc1ccccc1-2. The molecule has 0 radical (unpaired) electrons. The first-order valence-electron chi connectivity index (χ1n) is 8.57. The van der Waals surface area contributed by atoms with E-state index in [1.807, 2.05) is 30.3 Å². The Balaban J connectivity index is 1.78. The van der Waals surface area contributed by atoms with Crippen molar-refractivity contribution < 1.29 is 14.6 Å². The van der Waals surface area contributed by atoms with Gasteiger partial charge in [-0.3, -0.25) is 0 Å². The summed E-state index contributed by atoms with van der Waals surface area (Å²) in [6.45, 7) is 3.71. The normalized spacial score (nSPS) is 14.7. The van der Waals surface area contributed by atoms with Crippen LogP contribution in [-0.2, 0) is 0 Å². The van der Waals surface area contributed by atoms with Crippen LogP contribution >= 0.6 is 11.8 Å². The zero-order valence-electron chi connectivity index (χ0n) is 15.1. The molecule has 2 N–H and O–H groups in total. The highest BCUT2D eigenvalue weighted by atomic mass is 32.2. The lowest BCUT2D eigenvalue weighted by Crippen LogP contribution is -2.17. The summed E-state index contributed by atoms with van der Waals surface area (Å²) in [7, 11) is 1.51. The van der Waals surface area contributed by atoms with E-state index in [1.165, 1.54) is 18.9 Å². The zero-order chi connectivity index (χ0) is 19.5. The molecule has 3 aromatic rings. The van der Waals surface area contributed by atoms with Crippen LogP contribution in [0.25, 0.3) is 11.3 Å². The molecule has 4 rings (SSSR count). The minimum atomic E-state index is -0.576. The molecule has 0 saturated heterocycles. The van der Waals surface area contributed by atoms with E-state index in [0.29, 0.717) is 28.2 Å². The average molecular weight is 394 g/mol. The summed E-state index contributed by atoms with van der Waals surface area (Å²) < 4.78 is 11.3. The molecule has 0 aliphatic carbocycles. The smallest absolute Gasteiger partial charge is 0.247 e. The summed E-state index contributed by atoms with van der Waals surface area (Å²) in [5, 5.41) is 22.6. The quantitative estimate of drug-likeness (QED) is 0.495. The Morgan fingerprint density at radius 3 is 2.93 bits per heavy atom. The number of anilines is 1. The Morgan fingerprint density at radius 2 is 2.14 bits per heavy atom. The van der Waals surface area contributed by atoms with Gasteiger partial charge in [-0.15, -0.1) is 16.8 Å². The molecule has 0 unspecified atom stereocenters. The third-order valence-electron chi connectivity index (χ3n) is 4.17. The van der Waals surface area contributed by atoms with Gasteiger partial charge in [-0.1, -0.05) is 36.0 Å². The van der Waals surface area contributed by atoms with Gasteiger partial charge in [0.05, 0.1) is 7.11 Å². The number of para-hydroxylation sites is 1. The molecule has 2 heterocycles. The number of nitrogens with zero attached hydrogens (tertiary/aromatic N) is 3. The standard InChI is InChI=1S/C20H18N4O3S/c1-3-10-28-20-22-19-17(23-24-20)13-6-4-5-7-14(13)21-18(27-19)12-8-9-16(26-2)15(25)11-12/h3-9,11,18,21,25H,1,10H2,2H3/t18-/m0/s1. The van der Waals surface area contributed by atoms with Gasteiger partial charge in [0.15, 0.2) is 23.4 Å². The van der Waals surface area contributed by atoms with Crippen molar-refractivity contribution in [3.05, 3.63) is 60.7 Å². The van der Waals surface area contributed by atoms with Crippen LogP contribution in [-0.4, -0.2) is 33.2 Å². The van der Waals surface area contributed by atoms with E-state index in [9.17, 15) is 5.11 Å². The number of aromatic hydroxyl groups is 1. The molecule has 1 aromatic heterocycles. The lowest BCUT2D eigenvalue weighted by molar-refractivity contribution is 0.224. The van der Waals surface area contributed by atoms with E-state index in [0.717, 1.165) is 16.8 Å². The summed E-state index contributed by atoms with van der Waals surface area (Å²) in [5.41, 5.74) is 2.97. The number of thioether (sulfide) groups is 1. The maximum Gasteiger partial charge on any atom is 0.247 e. The minimum Gasteiger partial charge on any atom is -0.504 e. The van der Waals surface area contributed by atoms with Crippen molar-refractivity contribution in [2.45, 2.75) is 11.4 Å². The minimum absolute atomic E-state index is 0.0335. The number of ether oxygens (including phenoxy) is 2. The predicted molar refractivity (Wildman–Crippen MR) is 108 cm³/mol. The van der Waals surface area contributed by atoms with Gasteiger partial charge in [0, 0.05) is 22.6 Å². The van der Waals surface area contributed by atoms with Gasteiger partial charge in [-0.25, -0.2) is 0 Å². The second-order valence-corrected chi connectivity index (χ2v) is 6.95. The van der Waals surface area contributed by atoms with Gasteiger partial charge in [-0.2, -0.15) is 4.98 Å². The highest BCUT2D eigenvalue weighted by molar-refractivity contribution is 7.99. The van der Waals surface area contributed by atoms with Gasteiger partial charge in [-0.05, 0) is 24.3 Å². The third-order valence-corrected chi connectivity index (χ3v) is 5.00. The van der Waals surface area contributed by atoms with Crippen molar-refractivity contribution in [2.24, 2.45) is 0 Å². The highest BCUT2D eigenvalue weighted by Gasteiger charge is 2.26. The second-order valence-electron chi connectivity index (χ2n) is 5.97. The Kier molecular flexibility index (Phi) is 5.03. The Hall–Kier alpha value is -3.26. The topological polar surface area (TPSA) is 89.4 Å². The molecule has 28 heavy (non-hydrogen) atoms. The van der Waals surface area contributed by atoms with Crippen molar-refractivity contribution in [3.63, 3.8) is 0 Å². The van der Waals surface area contributed by atoms with Crippen molar-refractivity contribution in [2.75, 3.05) is 18.2 Å². The molecule has 2 aromatic carbocycles. The summed E-state index contributed by atoms with van der Waals surface area (Å²) in [6, 6.07) is 12.8. The lowest BCUT2D eigenvalue weighted by atomic mass is 10.1. The molecule has 1 aliphatic heterocycles. The van der Waals surface area contributed by atoms with E-state index >= 15 is 0 Å². The largest absolute Gasteiger partial charge is 0.504 e. The van der Waals surface area contributed by atoms with Crippen LogP contribution in [0.2, 0.25) is 0 Å². The van der Waals surface area contributed by atoms with E-state index in [2.05, 4.69) is 27.1 Å². The number of aromatic nitrogens is 3. The lowest BCUT2D eigenvalue weighted by Gasteiger charge is -2.20. The van der Waals surface area contributed by atoms with Crippen molar-refractivity contribution in [1.82, 2.24) is 15.2 Å². The third kappa shape index (κ3) is 3.46. The number of phenols is 1. The summed E-state index contributed by atoms with van der Waals surface area (Å²) >= 11 is 1.43. The zero-order valence-corrected chi connectivity index (χ0v) is 15.9. The van der Waals surface area contributed by atoms with E-state index < -0.39 is 6.23 Å². The summed E-state index contributed by atoms with van der Waals surface area (Å²) in [5.74, 6) is 1.47. The Morgan fingerprint density at radius 1 is 1.29 bits per heavy atom. The van der Waals surface area contributed by atoms with Crippen LogP contribution in [0, 0.1) is 0 Å². The van der Waals surface area contributed by atoms with Gasteiger partial charge >= 0.3 is 0 Å². The highest BCUT2D eigenvalue weighted by Crippen LogP contribution is 2.40.